The first-order valence-electron chi connectivity index (χ1n) is 7.47. The zero-order valence-corrected chi connectivity index (χ0v) is 16.2. The van der Waals surface area contributed by atoms with E-state index in [1.165, 1.54) is 0 Å². The molecule has 1 atom stereocenters. The molecular formula is C16H20BrN5OS. The zero-order valence-electron chi connectivity index (χ0n) is 13.8. The average molecular weight is 410 g/mol. The second-order valence-corrected chi connectivity index (χ2v) is 6.99. The van der Waals surface area contributed by atoms with Gasteiger partial charge in [0.25, 0.3) is 0 Å². The maximum absolute atomic E-state index is 12.1. The zero-order chi connectivity index (χ0) is 17.7. The van der Waals surface area contributed by atoms with Crippen LogP contribution in [-0.2, 0) is 11.3 Å². The van der Waals surface area contributed by atoms with E-state index in [0.29, 0.717) is 11.7 Å². The molecule has 6 nitrogen and oxygen atoms in total. The molecule has 128 valence electrons. The first-order valence-corrected chi connectivity index (χ1v) is 8.67. The van der Waals surface area contributed by atoms with Gasteiger partial charge in [-0.2, -0.15) is 5.10 Å². The summed E-state index contributed by atoms with van der Waals surface area (Å²) in [5.74, 6) is -0.417. The van der Waals surface area contributed by atoms with Crippen molar-refractivity contribution in [2.45, 2.75) is 27.3 Å². The van der Waals surface area contributed by atoms with E-state index in [4.69, 9.17) is 12.2 Å². The third-order valence-corrected chi connectivity index (χ3v) is 4.06. The van der Waals surface area contributed by atoms with Crippen molar-refractivity contribution in [3.05, 3.63) is 46.2 Å². The quantitative estimate of drug-likeness (QED) is 0.534. The van der Waals surface area contributed by atoms with Gasteiger partial charge in [0.05, 0.1) is 23.1 Å². The number of anilines is 1. The molecule has 24 heavy (non-hydrogen) atoms. The lowest BCUT2D eigenvalue weighted by Gasteiger charge is -2.16. The summed E-state index contributed by atoms with van der Waals surface area (Å²) in [4.78, 5) is 12.1. The monoisotopic (exact) mass is 409 g/mol. The minimum absolute atomic E-state index is 0.160. The minimum Gasteiger partial charge on any atom is -0.331 e. The molecule has 3 N–H and O–H groups in total. The minimum atomic E-state index is -0.257. The van der Waals surface area contributed by atoms with Gasteiger partial charge in [0.1, 0.15) is 0 Å². The Labute approximate surface area is 155 Å². The molecule has 0 aliphatic rings. The summed E-state index contributed by atoms with van der Waals surface area (Å²) in [5.41, 5.74) is 8.47. The van der Waals surface area contributed by atoms with Crippen LogP contribution >= 0.6 is 28.1 Å². The van der Waals surface area contributed by atoms with E-state index in [0.717, 1.165) is 21.3 Å². The highest BCUT2D eigenvalue weighted by molar-refractivity contribution is 9.10. The van der Waals surface area contributed by atoms with Crippen LogP contribution in [0.4, 0.5) is 5.69 Å². The lowest BCUT2D eigenvalue weighted by molar-refractivity contribution is -0.125. The predicted molar refractivity (Wildman–Crippen MR) is 103 cm³/mol. The molecule has 0 spiro atoms. The summed E-state index contributed by atoms with van der Waals surface area (Å²) in [6, 6.07) is 6.06. The first-order chi connectivity index (χ1) is 11.3. The van der Waals surface area contributed by atoms with Crippen molar-refractivity contribution in [1.82, 2.24) is 20.6 Å². The van der Waals surface area contributed by atoms with Gasteiger partial charge in [0.2, 0.25) is 5.91 Å². The summed E-state index contributed by atoms with van der Waals surface area (Å²) in [6.07, 6.45) is 3.51. The number of hydrazine groups is 1. The number of nitrogens with zero attached hydrogens (tertiary/aromatic N) is 2. The Balaban J connectivity index is 1.82. The number of aromatic nitrogens is 2. The van der Waals surface area contributed by atoms with Crippen molar-refractivity contribution in [1.29, 1.82) is 0 Å². The molecule has 2 rings (SSSR count). The van der Waals surface area contributed by atoms with Crippen LogP contribution in [0.25, 0.3) is 0 Å². The number of hydrogen-bond donors (Lipinski definition) is 3. The molecule has 1 aromatic carbocycles. The number of halogens is 1. The van der Waals surface area contributed by atoms with E-state index in [9.17, 15) is 4.79 Å². The Morgan fingerprint density at radius 1 is 1.38 bits per heavy atom. The molecule has 0 bridgehead atoms. The predicted octanol–water partition coefficient (Wildman–Crippen LogP) is 2.92. The van der Waals surface area contributed by atoms with Crippen LogP contribution in [0.3, 0.4) is 0 Å². The fourth-order valence-electron chi connectivity index (χ4n) is 2.07. The lowest BCUT2D eigenvalue weighted by atomic mass is 10.1. The fraction of sp³-hybridized carbons (Fsp3) is 0.312. The summed E-state index contributed by atoms with van der Waals surface area (Å²) < 4.78 is 2.59. The van der Waals surface area contributed by atoms with Gasteiger partial charge < -0.3 is 5.32 Å². The normalized spacial score (nSPS) is 11.7. The molecule has 0 aliphatic heterocycles. The molecule has 1 heterocycles. The van der Waals surface area contributed by atoms with E-state index >= 15 is 0 Å². The third kappa shape index (κ3) is 5.31. The Bertz CT molecular complexity index is 746. The lowest BCUT2D eigenvalue weighted by Crippen LogP contribution is -2.46. The SMILES string of the molecule is Cc1ccc(C)c(NC(=S)NNC(=O)[C@@H](C)Cn2cc(Br)cn2)c1. The number of amides is 1. The van der Waals surface area contributed by atoms with Crippen molar-refractivity contribution in [3.8, 4) is 0 Å². The van der Waals surface area contributed by atoms with Crippen molar-refractivity contribution >= 4 is 44.9 Å². The molecule has 0 radical (unpaired) electrons. The summed E-state index contributed by atoms with van der Waals surface area (Å²) >= 11 is 8.55. The molecule has 1 amide bonds. The number of rotatable bonds is 4. The van der Waals surface area contributed by atoms with Crippen LogP contribution in [0.1, 0.15) is 18.1 Å². The molecule has 0 fully saturated rings. The highest BCUT2D eigenvalue weighted by Gasteiger charge is 2.14. The van der Waals surface area contributed by atoms with Crippen molar-refractivity contribution in [3.63, 3.8) is 0 Å². The van der Waals surface area contributed by atoms with E-state index in [1.54, 1.807) is 10.9 Å². The van der Waals surface area contributed by atoms with Gasteiger partial charge in [0, 0.05) is 11.9 Å². The van der Waals surface area contributed by atoms with Crippen LogP contribution in [0.15, 0.2) is 35.1 Å². The van der Waals surface area contributed by atoms with Gasteiger partial charge in [-0.3, -0.25) is 20.3 Å². The molecule has 0 aliphatic carbocycles. The number of carbonyl (C=O) groups is 1. The fourth-order valence-corrected chi connectivity index (χ4v) is 2.56. The van der Waals surface area contributed by atoms with Gasteiger partial charge in [-0.25, -0.2) is 0 Å². The van der Waals surface area contributed by atoms with Crippen LogP contribution < -0.4 is 16.2 Å². The highest BCUT2D eigenvalue weighted by atomic mass is 79.9. The Morgan fingerprint density at radius 2 is 2.12 bits per heavy atom. The van der Waals surface area contributed by atoms with Gasteiger partial charge >= 0.3 is 0 Å². The number of aryl methyl sites for hydroxylation is 2. The van der Waals surface area contributed by atoms with Crippen molar-refractivity contribution in [2.75, 3.05) is 5.32 Å². The number of thiocarbonyl (C=S) groups is 1. The smallest absolute Gasteiger partial charge is 0.243 e. The van der Waals surface area contributed by atoms with E-state index in [2.05, 4.69) is 37.2 Å². The topological polar surface area (TPSA) is 71.0 Å². The average Bonchev–Trinajstić information content (AvgIpc) is 2.93. The molecular weight excluding hydrogens is 390 g/mol. The van der Waals surface area contributed by atoms with Crippen LogP contribution in [-0.4, -0.2) is 20.8 Å². The molecule has 1 aromatic heterocycles. The Morgan fingerprint density at radius 3 is 2.79 bits per heavy atom. The number of hydrogen-bond acceptors (Lipinski definition) is 3. The second-order valence-electron chi connectivity index (χ2n) is 5.67. The van der Waals surface area contributed by atoms with Gasteiger partial charge in [-0.15, -0.1) is 0 Å². The van der Waals surface area contributed by atoms with Gasteiger partial charge in [0.15, 0.2) is 5.11 Å². The Hall–Kier alpha value is -1.93. The summed E-state index contributed by atoms with van der Waals surface area (Å²) in [5, 5.41) is 7.56. The third-order valence-electron chi connectivity index (χ3n) is 3.45. The maximum Gasteiger partial charge on any atom is 0.243 e. The van der Waals surface area contributed by atoms with E-state index in [1.807, 2.05) is 45.2 Å². The van der Waals surface area contributed by atoms with Crippen molar-refractivity contribution < 1.29 is 4.79 Å². The van der Waals surface area contributed by atoms with Gasteiger partial charge in [-0.1, -0.05) is 19.1 Å². The van der Waals surface area contributed by atoms with Gasteiger partial charge in [-0.05, 0) is 59.2 Å². The molecule has 0 unspecified atom stereocenters. The largest absolute Gasteiger partial charge is 0.331 e. The van der Waals surface area contributed by atoms with Crippen molar-refractivity contribution in [2.24, 2.45) is 5.92 Å². The van der Waals surface area contributed by atoms with Crippen LogP contribution in [0.2, 0.25) is 0 Å². The van der Waals surface area contributed by atoms with E-state index in [-0.39, 0.29) is 11.8 Å². The first kappa shape index (κ1) is 18.4. The molecule has 8 heteroatoms. The standard InChI is InChI=1S/C16H20BrN5OS/c1-10-4-5-11(2)14(6-10)19-16(24)21-20-15(23)12(3)8-22-9-13(17)7-18-22/h4-7,9,12H,8H2,1-3H3,(H,20,23)(H2,19,21,24)/t12-/m0/s1. The highest BCUT2D eigenvalue weighted by Crippen LogP contribution is 2.16. The summed E-state index contributed by atoms with van der Waals surface area (Å²) in [6.45, 7) is 6.31. The van der Waals surface area contributed by atoms with Crippen LogP contribution in [0.5, 0.6) is 0 Å². The summed E-state index contributed by atoms with van der Waals surface area (Å²) in [7, 11) is 0. The number of benzene rings is 1. The van der Waals surface area contributed by atoms with E-state index < -0.39 is 0 Å². The second kappa shape index (κ2) is 8.25. The maximum atomic E-state index is 12.1. The molecule has 0 saturated carbocycles. The number of nitrogens with one attached hydrogen (secondary N) is 3. The molecule has 0 saturated heterocycles. The number of carbonyl (C=O) groups excluding carboxylic acids is 1. The molecule has 2 aromatic rings. The Kier molecular flexibility index (Phi) is 6.33. The van der Waals surface area contributed by atoms with Crippen LogP contribution in [0, 0.1) is 19.8 Å².